The third-order valence-corrected chi connectivity index (χ3v) is 8.33. The van der Waals surface area contributed by atoms with E-state index in [1.165, 1.54) is 0 Å². The fourth-order valence-electron chi connectivity index (χ4n) is 6.19. The molecule has 0 saturated heterocycles. The summed E-state index contributed by atoms with van der Waals surface area (Å²) in [6.45, 7) is 0. The fraction of sp³-hybridized carbons (Fsp3) is 0.0417. The molecule has 1 heterocycles. The highest BCUT2D eigenvalue weighted by Gasteiger charge is 2.19. The van der Waals surface area contributed by atoms with Crippen LogP contribution in [0.4, 0.5) is 0 Å². The van der Waals surface area contributed by atoms with E-state index in [-0.39, 0.29) is 27.3 Å². The second kappa shape index (κ2) is 11.2. The first-order chi connectivity index (χ1) is 35.9. The van der Waals surface area contributed by atoms with Crippen LogP contribution in [0.1, 0.15) is 60.6 Å². The number of rotatable bonds is 5. The lowest BCUT2D eigenvalue weighted by Gasteiger charge is -2.18. The summed E-state index contributed by atoms with van der Waals surface area (Å²) < 4.78 is 256. The summed E-state index contributed by atoms with van der Waals surface area (Å²) >= 11 is 0. The van der Waals surface area contributed by atoms with Gasteiger partial charge in [-0.05, 0) is 96.0 Å². The molecule has 0 N–H and O–H groups in total. The molecule has 0 aliphatic rings. The van der Waals surface area contributed by atoms with Crippen molar-refractivity contribution in [2.24, 2.45) is 0 Å². The van der Waals surface area contributed by atoms with Gasteiger partial charge in [-0.3, -0.25) is 0 Å². The Hall–Kier alpha value is -6.18. The van der Waals surface area contributed by atoms with Crippen LogP contribution in [0.3, 0.4) is 0 Å². The van der Waals surface area contributed by atoms with Crippen LogP contribution in [0.5, 0.6) is 0 Å². The minimum atomic E-state index is -0.957. The molecular weight excluding hydrogens is 593 g/mol. The molecule has 0 bridgehead atoms. The zero-order valence-electron chi connectivity index (χ0n) is 52.8. The first kappa shape index (κ1) is 11.8. The highest BCUT2D eigenvalue weighted by molar-refractivity contribution is 6.17. The largest absolute Gasteiger partial charge is 0.455 e. The molecule has 9 aromatic carbocycles. The van der Waals surface area contributed by atoms with Crippen molar-refractivity contribution in [1.82, 2.24) is 0 Å². The quantitative estimate of drug-likeness (QED) is 0.169. The number of furan rings is 1. The average molecular weight is 653 g/mol. The summed E-state index contributed by atoms with van der Waals surface area (Å²) in [5.41, 5.74) is -3.97. The molecule has 0 saturated carbocycles. The molecule has 49 heavy (non-hydrogen) atoms. The maximum Gasteiger partial charge on any atom is 0.143 e. The Bertz CT molecular complexity index is 4360. The van der Waals surface area contributed by atoms with Gasteiger partial charge in [-0.25, -0.2) is 0 Å². The molecule has 0 amide bonds. The van der Waals surface area contributed by atoms with Crippen molar-refractivity contribution < 1.29 is 42.8 Å². The van der Waals surface area contributed by atoms with Gasteiger partial charge in [-0.2, -0.15) is 0 Å². The molecule has 0 atom stereocenters. The molecule has 0 radical (unpaired) electrons. The zero-order chi connectivity index (χ0) is 56.7. The minimum absolute atomic E-state index is 0.324. The Morgan fingerprint density at radius 3 is 1.71 bits per heavy atom. The number of benzene rings is 9. The smallest absolute Gasteiger partial charge is 0.143 e. The van der Waals surface area contributed by atoms with E-state index < -0.39 is 253 Å². The van der Waals surface area contributed by atoms with E-state index in [0.29, 0.717) is 0 Å². The van der Waals surface area contributed by atoms with Crippen LogP contribution in [-0.2, 0) is 12.8 Å². The first-order valence-corrected chi connectivity index (χ1v) is 14.8. The highest BCUT2D eigenvalue weighted by atomic mass is 16.3. The molecule has 0 aliphatic heterocycles. The first-order valence-electron chi connectivity index (χ1n) is 28.8. The van der Waals surface area contributed by atoms with Crippen molar-refractivity contribution in [3.05, 3.63) is 191 Å². The van der Waals surface area contributed by atoms with Gasteiger partial charge in [0.15, 0.2) is 0 Å². The Morgan fingerprint density at radius 2 is 0.980 bits per heavy atom. The Labute approximate surface area is 324 Å². The summed E-state index contributed by atoms with van der Waals surface area (Å²) in [4.78, 5) is 0. The predicted molar refractivity (Wildman–Crippen MR) is 208 cm³/mol. The van der Waals surface area contributed by atoms with Crippen molar-refractivity contribution in [2.45, 2.75) is 12.8 Å². The van der Waals surface area contributed by atoms with Gasteiger partial charge < -0.3 is 4.42 Å². The van der Waals surface area contributed by atoms with E-state index in [0.717, 1.165) is 0 Å². The van der Waals surface area contributed by atoms with Crippen molar-refractivity contribution in [3.63, 3.8) is 0 Å². The van der Waals surface area contributed by atoms with Gasteiger partial charge in [0.05, 0.1) is 38.4 Å². The minimum Gasteiger partial charge on any atom is -0.455 e. The van der Waals surface area contributed by atoms with Crippen molar-refractivity contribution >= 4 is 65.0 Å². The van der Waals surface area contributed by atoms with Crippen LogP contribution >= 0.6 is 0 Å². The molecule has 1 nitrogen and oxygen atoms in total. The summed E-state index contributed by atoms with van der Waals surface area (Å²) in [7, 11) is 0. The lowest BCUT2D eigenvalue weighted by atomic mass is 9.85. The van der Waals surface area contributed by atoms with Gasteiger partial charge in [-0.1, -0.05) is 157 Å². The second-order valence-corrected chi connectivity index (χ2v) is 11.0. The Morgan fingerprint density at radius 1 is 0.408 bits per heavy atom. The van der Waals surface area contributed by atoms with E-state index in [1.807, 2.05) is 0 Å². The standard InChI is InChI=1S/C48H32O/c1-3-16-37-32(11-1)13-9-14-35(37)29-31-23-25-34(26-24-31)46-41-20-7-5-18-39(41)44(40-19-6-8-21-42(40)46)30-36-15-10-22-45-47(36)43-28-27-33-12-2-4-17-38(33)48(43)49-45/h1-28H,29-30H2/i1D,2D,3D,4D,5D,6D,7D,8D,9D,10D,11D,12D,13D,14D,15D,16D,17D,18D,19D,20D,21D,22D,23D,24D,25D,26D,27D,28D. The highest BCUT2D eigenvalue weighted by Crippen LogP contribution is 2.42. The van der Waals surface area contributed by atoms with Gasteiger partial charge >= 0.3 is 0 Å². The predicted octanol–water partition coefficient (Wildman–Crippen LogP) is 13.0. The van der Waals surface area contributed by atoms with E-state index in [9.17, 15) is 13.7 Å². The normalized spacial score (nSPS) is 19.8. The van der Waals surface area contributed by atoms with E-state index in [1.54, 1.807) is 0 Å². The molecule has 0 fully saturated rings. The molecule has 1 aromatic heterocycles. The average Bonchev–Trinajstić information content (AvgIpc) is 3.96. The third kappa shape index (κ3) is 4.54. The van der Waals surface area contributed by atoms with Crippen molar-refractivity contribution in [2.75, 3.05) is 0 Å². The lowest BCUT2D eigenvalue weighted by molar-refractivity contribution is 0.672. The SMILES string of the molecule is [2H]c1c([2H])c(-c2c3c([2H])c([2H])c([2H])c([2H])c3c(Cc3c([2H])c([2H])c([2H])c4oc5c6c([2H])c([2H])c([2H])c([2H])c6c([2H])c([2H])c5c34)c3c([2H])c([2H])c([2H])c([2H])c23)c([2H])c([2H])c1Cc1c([2H])c([2H])c([2H])c2c([2H])c([2H])c([2H])c([2H])c12. The Kier molecular flexibility index (Phi) is 2.69. The Balaban J connectivity index is 1.36. The van der Waals surface area contributed by atoms with Crippen LogP contribution in [-0.4, -0.2) is 0 Å². The van der Waals surface area contributed by atoms with Crippen LogP contribution in [0, 0.1) is 0 Å². The van der Waals surface area contributed by atoms with Crippen LogP contribution in [0.15, 0.2) is 174 Å². The summed E-state index contributed by atoms with van der Waals surface area (Å²) in [6.07, 6.45) is -1.64. The number of hydrogen-bond acceptors (Lipinski definition) is 1. The molecule has 1 heteroatoms. The fourth-order valence-corrected chi connectivity index (χ4v) is 6.19. The maximum absolute atomic E-state index is 9.54. The second-order valence-electron chi connectivity index (χ2n) is 11.0. The molecule has 10 aromatic rings. The van der Waals surface area contributed by atoms with Gasteiger partial charge in [0, 0.05) is 16.2 Å². The molecule has 10 rings (SSSR count). The molecular formula is C48H32O. The molecule has 0 spiro atoms. The summed E-state index contributed by atoms with van der Waals surface area (Å²) in [5.74, 6) is 0. The number of hydrogen-bond donors (Lipinski definition) is 0. The van der Waals surface area contributed by atoms with Crippen molar-refractivity contribution in [1.29, 1.82) is 0 Å². The van der Waals surface area contributed by atoms with Gasteiger partial charge in [0.1, 0.15) is 11.2 Å². The van der Waals surface area contributed by atoms with Gasteiger partial charge in [0.2, 0.25) is 0 Å². The van der Waals surface area contributed by atoms with E-state index in [4.69, 9.17) is 29.1 Å². The number of fused-ring (bicyclic) bond motifs is 8. The topological polar surface area (TPSA) is 13.1 Å². The maximum atomic E-state index is 9.54. The summed E-state index contributed by atoms with van der Waals surface area (Å²) in [6, 6.07) is -22.7. The van der Waals surface area contributed by atoms with Gasteiger partial charge in [0.25, 0.3) is 0 Å². The van der Waals surface area contributed by atoms with Crippen LogP contribution in [0.25, 0.3) is 76.2 Å². The third-order valence-electron chi connectivity index (χ3n) is 8.33. The van der Waals surface area contributed by atoms with Crippen LogP contribution < -0.4 is 0 Å². The van der Waals surface area contributed by atoms with Crippen LogP contribution in [0.2, 0.25) is 0 Å². The molecule has 0 unspecified atom stereocenters. The molecule has 0 aliphatic carbocycles. The molecule has 230 valence electrons. The van der Waals surface area contributed by atoms with E-state index in [2.05, 4.69) is 0 Å². The zero-order valence-corrected chi connectivity index (χ0v) is 24.8. The lowest BCUT2D eigenvalue weighted by Crippen LogP contribution is -1.96. The summed E-state index contributed by atoms with van der Waals surface area (Å²) in [5, 5.41) is -4.65. The van der Waals surface area contributed by atoms with E-state index >= 15 is 0 Å². The van der Waals surface area contributed by atoms with Gasteiger partial charge in [-0.15, -0.1) is 0 Å². The van der Waals surface area contributed by atoms with Crippen molar-refractivity contribution in [3.8, 4) is 11.1 Å². The monoisotopic (exact) mass is 652 g/mol.